The summed E-state index contributed by atoms with van der Waals surface area (Å²) >= 11 is 0. The largest absolute Gasteiger partial charge is 0.486 e. The molecule has 1 unspecified atom stereocenters. The van der Waals surface area contributed by atoms with E-state index in [9.17, 15) is 8.42 Å². The third-order valence-electron chi connectivity index (χ3n) is 7.28. The van der Waals surface area contributed by atoms with Crippen LogP contribution < -0.4 is 4.74 Å². The van der Waals surface area contributed by atoms with Crippen molar-refractivity contribution in [2.45, 2.75) is 36.7 Å². The number of nitrogens with zero attached hydrogens (tertiary/aromatic N) is 4. The van der Waals surface area contributed by atoms with Crippen LogP contribution in [0.1, 0.15) is 26.2 Å². The average Bonchev–Trinajstić information content (AvgIpc) is 3.27. The summed E-state index contributed by atoms with van der Waals surface area (Å²) in [4.78, 5) is 7.48. The molecular formula is C28H30N4O3S. The average molecular weight is 503 g/mol. The SMILES string of the molecule is CC1CCN(CC2(Oc3ccc(-c4cnc5c(-c6cccc(S(C)(=O)=O)c6)cnn5c4)cc3)CC2)C1. The van der Waals surface area contributed by atoms with Gasteiger partial charge >= 0.3 is 0 Å². The number of likely N-dealkylation sites (tertiary alicyclic amines) is 1. The third kappa shape index (κ3) is 4.63. The fourth-order valence-electron chi connectivity index (χ4n) is 5.10. The highest BCUT2D eigenvalue weighted by Gasteiger charge is 2.47. The summed E-state index contributed by atoms with van der Waals surface area (Å²) in [6.45, 7) is 5.71. The van der Waals surface area contributed by atoms with Crippen LogP contribution >= 0.6 is 0 Å². The predicted octanol–water partition coefficient (Wildman–Crippen LogP) is 4.72. The number of rotatable bonds is 7. The molecule has 3 heterocycles. The fourth-order valence-corrected chi connectivity index (χ4v) is 5.76. The summed E-state index contributed by atoms with van der Waals surface area (Å²) in [5, 5.41) is 4.48. The second-order valence-corrected chi connectivity index (χ2v) is 12.4. The lowest BCUT2D eigenvalue weighted by Crippen LogP contribution is -2.35. The molecule has 6 rings (SSSR count). The normalized spacial score (nSPS) is 19.6. The van der Waals surface area contributed by atoms with Crippen LogP contribution in [0, 0.1) is 5.92 Å². The lowest BCUT2D eigenvalue weighted by atomic mass is 10.1. The van der Waals surface area contributed by atoms with E-state index < -0.39 is 9.84 Å². The number of sulfone groups is 1. The summed E-state index contributed by atoms with van der Waals surface area (Å²) in [6.07, 6.45) is 10.2. The van der Waals surface area contributed by atoms with E-state index in [1.165, 1.54) is 25.8 Å². The van der Waals surface area contributed by atoms with Crippen molar-refractivity contribution in [3.8, 4) is 28.0 Å². The van der Waals surface area contributed by atoms with E-state index in [0.29, 0.717) is 5.65 Å². The first-order valence-corrected chi connectivity index (χ1v) is 14.3. The van der Waals surface area contributed by atoms with Gasteiger partial charge in [-0.1, -0.05) is 31.2 Å². The number of hydrogen-bond donors (Lipinski definition) is 0. The Labute approximate surface area is 211 Å². The first-order valence-electron chi connectivity index (χ1n) is 12.4. The Hall–Kier alpha value is -3.23. The monoisotopic (exact) mass is 502 g/mol. The molecule has 1 atom stereocenters. The van der Waals surface area contributed by atoms with E-state index >= 15 is 0 Å². The van der Waals surface area contributed by atoms with Crippen molar-refractivity contribution in [3.63, 3.8) is 0 Å². The van der Waals surface area contributed by atoms with Crippen LogP contribution in [-0.4, -0.2) is 59.4 Å². The fraction of sp³-hybridized carbons (Fsp3) is 0.357. The zero-order chi connectivity index (χ0) is 24.9. The van der Waals surface area contributed by atoms with Gasteiger partial charge in [0.2, 0.25) is 0 Å². The van der Waals surface area contributed by atoms with Gasteiger partial charge in [0.05, 0.1) is 11.1 Å². The summed E-state index contributed by atoms with van der Waals surface area (Å²) in [5.74, 6) is 1.69. The zero-order valence-corrected chi connectivity index (χ0v) is 21.4. The maximum absolute atomic E-state index is 12.0. The topological polar surface area (TPSA) is 76.8 Å². The molecule has 2 aromatic heterocycles. The Morgan fingerprint density at radius 2 is 1.86 bits per heavy atom. The Kier molecular flexibility index (Phi) is 5.61. The molecule has 1 aliphatic heterocycles. The van der Waals surface area contributed by atoms with Gasteiger partial charge < -0.3 is 4.74 Å². The predicted molar refractivity (Wildman–Crippen MR) is 140 cm³/mol. The van der Waals surface area contributed by atoms with Crippen molar-refractivity contribution in [1.29, 1.82) is 0 Å². The molecule has 36 heavy (non-hydrogen) atoms. The molecule has 0 radical (unpaired) electrons. The number of hydrogen-bond acceptors (Lipinski definition) is 6. The highest BCUT2D eigenvalue weighted by Crippen LogP contribution is 2.42. The van der Waals surface area contributed by atoms with Gasteiger partial charge in [0.25, 0.3) is 0 Å². The summed E-state index contributed by atoms with van der Waals surface area (Å²) in [7, 11) is -3.29. The number of benzene rings is 2. The van der Waals surface area contributed by atoms with Crippen LogP contribution in [0.3, 0.4) is 0 Å². The number of fused-ring (bicyclic) bond motifs is 1. The molecule has 7 nitrogen and oxygen atoms in total. The minimum absolute atomic E-state index is 0.0219. The highest BCUT2D eigenvalue weighted by molar-refractivity contribution is 7.90. The van der Waals surface area contributed by atoms with E-state index in [2.05, 4.69) is 34.0 Å². The molecule has 186 valence electrons. The van der Waals surface area contributed by atoms with Gasteiger partial charge in [-0.3, -0.25) is 4.90 Å². The first kappa shape index (κ1) is 23.2. The molecule has 4 aromatic rings. The molecule has 0 spiro atoms. The first-order chi connectivity index (χ1) is 17.3. The molecule has 1 saturated heterocycles. The molecule has 2 aliphatic rings. The molecule has 1 aliphatic carbocycles. The molecule has 1 saturated carbocycles. The minimum atomic E-state index is -3.29. The van der Waals surface area contributed by atoms with E-state index in [-0.39, 0.29) is 10.5 Å². The second-order valence-electron chi connectivity index (χ2n) is 10.4. The van der Waals surface area contributed by atoms with Crippen LogP contribution in [0.15, 0.2) is 72.0 Å². The molecule has 0 bridgehead atoms. The van der Waals surface area contributed by atoms with Crippen LogP contribution in [0.25, 0.3) is 27.9 Å². The van der Waals surface area contributed by atoms with Gasteiger partial charge in [0.1, 0.15) is 11.4 Å². The smallest absolute Gasteiger partial charge is 0.175 e. The molecule has 0 amide bonds. The van der Waals surface area contributed by atoms with E-state index in [1.807, 2.05) is 30.6 Å². The van der Waals surface area contributed by atoms with Crippen molar-refractivity contribution in [2.75, 3.05) is 25.9 Å². The third-order valence-corrected chi connectivity index (χ3v) is 8.39. The molecule has 0 N–H and O–H groups in total. The number of aromatic nitrogens is 3. The van der Waals surface area contributed by atoms with Crippen LogP contribution in [0.5, 0.6) is 5.75 Å². The summed E-state index contributed by atoms with van der Waals surface area (Å²) in [5.41, 5.74) is 4.19. The van der Waals surface area contributed by atoms with Gasteiger partial charge in [-0.25, -0.2) is 17.9 Å². The maximum Gasteiger partial charge on any atom is 0.175 e. The Morgan fingerprint density at radius 1 is 1.06 bits per heavy atom. The zero-order valence-electron chi connectivity index (χ0n) is 20.6. The van der Waals surface area contributed by atoms with Crippen LogP contribution in [0.4, 0.5) is 0 Å². The highest BCUT2D eigenvalue weighted by atomic mass is 32.2. The molecule has 2 aromatic carbocycles. The minimum Gasteiger partial charge on any atom is -0.486 e. The molecule has 2 fully saturated rings. The van der Waals surface area contributed by atoms with Gasteiger partial charge in [-0.15, -0.1) is 0 Å². The lowest BCUT2D eigenvalue weighted by molar-refractivity contribution is 0.124. The van der Waals surface area contributed by atoms with Crippen LogP contribution in [0.2, 0.25) is 0 Å². The number of ether oxygens (including phenoxy) is 1. The maximum atomic E-state index is 12.0. The van der Waals surface area contributed by atoms with E-state index in [4.69, 9.17) is 4.74 Å². The van der Waals surface area contributed by atoms with Gasteiger partial charge in [-0.2, -0.15) is 5.10 Å². The Morgan fingerprint density at radius 3 is 2.56 bits per heavy atom. The van der Waals surface area contributed by atoms with Gasteiger partial charge in [-0.05, 0) is 67.1 Å². The van der Waals surface area contributed by atoms with Crippen molar-refractivity contribution >= 4 is 15.5 Å². The molecule has 8 heteroatoms. The Bertz CT molecular complexity index is 1520. The summed E-state index contributed by atoms with van der Waals surface area (Å²) < 4.78 is 32.1. The summed E-state index contributed by atoms with van der Waals surface area (Å²) in [6, 6.07) is 15.1. The van der Waals surface area contributed by atoms with Crippen molar-refractivity contribution in [2.24, 2.45) is 5.92 Å². The van der Waals surface area contributed by atoms with Crippen LogP contribution in [-0.2, 0) is 9.84 Å². The van der Waals surface area contributed by atoms with Crippen molar-refractivity contribution in [1.82, 2.24) is 19.5 Å². The van der Waals surface area contributed by atoms with Gasteiger partial charge in [0.15, 0.2) is 15.5 Å². The second kappa shape index (κ2) is 8.71. The van der Waals surface area contributed by atoms with E-state index in [1.54, 1.807) is 28.9 Å². The van der Waals surface area contributed by atoms with Gasteiger partial charge in [0, 0.05) is 42.9 Å². The van der Waals surface area contributed by atoms with E-state index in [0.717, 1.165) is 53.3 Å². The Balaban J connectivity index is 1.20. The van der Waals surface area contributed by atoms with Crippen molar-refractivity contribution in [3.05, 3.63) is 67.1 Å². The standard InChI is InChI=1S/C28H30N4O3S/c1-20-10-13-31(17-20)19-28(11-12-28)35-24-8-6-21(7-9-24)23-15-29-27-26(16-30-32(27)18-23)22-4-3-5-25(14-22)36(2,33)34/h3-9,14-16,18,20H,10-13,17,19H2,1-2H3. The lowest BCUT2D eigenvalue weighted by Gasteiger charge is -2.24. The molecular weight excluding hydrogens is 472 g/mol. The van der Waals surface area contributed by atoms with Crippen molar-refractivity contribution < 1.29 is 13.2 Å². The quantitative estimate of drug-likeness (QED) is 0.364.